The van der Waals surface area contributed by atoms with Crippen molar-refractivity contribution in [1.82, 2.24) is 0 Å². The largest absolute Gasteiger partial charge is 0.398 e. The van der Waals surface area contributed by atoms with Crippen molar-refractivity contribution < 1.29 is 5.11 Å². The highest BCUT2D eigenvalue weighted by Crippen LogP contribution is 2.35. The lowest BCUT2D eigenvalue weighted by atomic mass is 9.88. The zero-order valence-corrected chi connectivity index (χ0v) is 10.7. The Morgan fingerprint density at radius 1 is 1.18 bits per heavy atom. The molecule has 1 aromatic rings. The molecule has 1 saturated carbocycles. The zero-order chi connectivity index (χ0) is 12.3. The first-order valence-electron chi connectivity index (χ1n) is 6.72. The van der Waals surface area contributed by atoms with Gasteiger partial charge in [-0.1, -0.05) is 43.4 Å². The quantitative estimate of drug-likeness (QED) is 0.606. The zero-order valence-electron chi connectivity index (χ0n) is 10.7. The number of aryl methyl sites for hydroxylation is 1. The highest BCUT2D eigenvalue weighted by Gasteiger charge is 2.23. The van der Waals surface area contributed by atoms with Gasteiger partial charge in [-0.25, -0.2) is 0 Å². The van der Waals surface area contributed by atoms with Gasteiger partial charge in [0.05, 0.1) is 6.10 Å². The predicted octanol–water partition coefficient (Wildman–Crippen LogP) is 3.58. The topological polar surface area (TPSA) is 46.2 Å². The molecule has 1 fully saturated rings. The number of aliphatic hydroxyl groups is 1. The Kier molecular flexibility index (Phi) is 4.06. The molecule has 2 nitrogen and oxygen atoms in total. The minimum absolute atomic E-state index is 0.381. The van der Waals surface area contributed by atoms with Gasteiger partial charge in [-0.2, -0.15) is 0 Å². The Labute approximate surface area is 104 Å². The van der Waals surface area contributed by atoms with E-state index in [1.54, 1.807) is 0 Å². The first-order chi connectivity index (χ1) is 8.18. The van der Waals surface area contributed by atoms with E-state index in [4.69, 9.17) is 5.73 Å². The van der Waals surface area contributed by atoms with Crippen LogP contribution in [0, 0.1) is 12.8 Å². The summed E-state index contributed by atoms with van der Waals surface area (Å²) in [5.41, 5.74) is 8.80. The Hall–Kier alpha value is -1.02. The molecule has 0 aromatic heterocycles. The third-order valence-corrected chi connectivity index (χ3v) is 3.91. The van der Waals surface area contributed by atoms with E-state index >= 15 is 0 Å². The molecule has 3 N–H and O–H groups in total. The van der Waals surface area contributed by atoms with Crippen molar-refractivity contribution in [3.05, 3.63) is 29.3 Å². The molecule has 1 atom stereocenters. The molecular weight excluding hydrogens is 210 g/mol. The molecule has 0 spiro atoms. The summed E-state index contributed by atoms with van der Waals surface area (Å²) in [6, 6.07) is 5.94. The summed E-state index contributed by atoms with van der Waals surface area (Å²) in [6.45, 7) is 2.04. The number of benzene rings is 1. The van der Waals surface area contributed by atoms with Crippen LogP contribution in [-0.2, 0) is 0 Å². The van der Waals surface area contributed by atoms with E-state index in [2.05, 4.69) is 0 Å². The Bertz CT molecular complexity index is 367. The summed E-state index contributed by atoms with van der Waals surface area (Å²) in [7, 11) is 0. The van der Waals surface area contributed by atoms with Crippen molar-refractivity contribution >= 4 is 5.69 Å². The number of aliphatic hydroxyl groups excluding tert-OH is 1. The summed E-state index contributed by atoms with van der Waals surface area (Å²) < 4.78 is 0. The predicted molar refractivity (Wildman–Crippen MR) is 71.7 cm³/mol. The Balaban J connectivity index is 2.16. The van der Waals surface area contributed by atoms with Gasteiger partial charge < -0.3 is 10.8 Å². The maximum atomic E-state index is 10.5. The third-order valence-electron chi connectivity index (χ3n) is 3.91. The van der Waals surface area contributed by atoms with E-state index in [0.717, 1.165) is 24.1 Å². The summed E-state index contributed by atoms with van der Waals surface area (Å²) in [4.78, 5) is 0. The summed E-state index contributed by atoms with van der Waals surface area (Å²) >= 11 is 0. The van der Waals surface area contributed by atoms with Crippen LogP contribution >= 0.6 is 0 Å². The minimum Gasteiger partial charge on any atom is -0.398 e. The Morgan fingerprint density at radius 3 is 2.47 bits per heavy atom. The first-order valence-corrected chi connectivity index (χ1v) is 6.72. The fraction of sp³-hybridized carbons (Fsp3) is 0.600. The fourth-order valence-corrected chi connectivity index (χ4v) is 2.83. The van der Waals surface area contributed by atoms with Gasteiger partial charge in [0.15, 0.2) is 0 Å². The van der Waals surface area contributed by atoms with Crippen molar-refractivity contribution in [2.45, 2.75) is 51.6 Å². The first kappa shape index (κ1) is 12.4. The normalized spacial score (nSPS) is 19.9. The van der Waals surface area contributed by atoms with Crippen LogP contribution in [0.4, 0.5) is 5.69 Å². The lowest BCUT2D eigenvalue weighted by Gasteiger charge is -2.23. The van der Waals surface area contributed by atoms with Crippen molar-refractivity contribution in [1.29, 1.82) is 0 Å². The third kappa shape index (κ3) is 3.01. The second-order valence-electron chi connectivity index (χ2n) is 5.33. The second kappa shape index (κ2) is 5.54. The van der Waals surface area contributed by atoms with Crippen LogP contribution in [0.2, 0.25) is 0 Å². The number of rotatable bonds is 2. The number of hydrogen-bond acceptors (Lipinski definition) is 2. The van der Waals surface area contributed by atoms with Crippen molar-refractivity contribution in [3.63, 3.8) is 0 Å². The molecule has 1 aliphatic carbocycles. The molecule has 0 radical (unpaired) electrons. The molecule has 17 heavy (non-hydrogen) atoms. The number of hydrogen-bond donors (Lipinski definition) is 2. The van der Waals surface area contributed by atoms with Gasteiger partial charge in [-0.3, -0.25) is 0 Å². The smallest absolute Gasteiger partial charge is 0.0838 e. The summed E-state index contributed by atoms with van der Waals surface area (Å²) in [5.74, 6) is 0.390. The van der Waals surface area contributed by atoms with Crippen LogP contribution < -0.4 is 5.73 Å². The standard InChI is InChI=1S/C15H23NO/c1-11-8-9-14(16)13(10-11)15(17)12-6-4-2-3-5-7-12/h8-10,12,15,17H,2-7,16H2,1H3. The van der Waals surface area contributed by atoms with Gasteiger partial charge in [-0.05, 0) is 31.7 Å². The van der Waals surface area contributed by atoms with Crippen LogP contribution in [-0.4, -0.2) is 5.11 Å². The van der Waals surface area contributed by atoms with Gasteiger partial charge in [0.2, 0.25) is 0 Å². The lowest BCUT2D eigenvalue weighted by Crippen LogP contribution is -2.13. The molecule has 1 aliphatic rings. The van der Waals surface area contributed by atoms with Crippen LogP contribution in [0.25, 0.3) is 0 Å². The van der Waals surface area contributed by atoms with Crippen LogP contribution in [0.1, 0.15) is 55.8 Å². The fourth-order valence-electron chi connectivity index (χ4n) is 2.83. The van der Waals surface area contributed by atoms with Gasteiger partial charge in [-0.15, -0.1) is 0 Å². The van der Waals surface area contributed by atoms with Crippen molar-refractivity contribution in [2.75, 3.05) is 5.73 Å². The van der Waals surface area contributed by atoms with E-state index in [-0.39, 0.29) is 6.10 Å². The molecule has 0 aliphatic heterocycles. The summed E-state index contributed by atoms with van der Waals surface area (Å²) in [5, 5.41) is 10.5. The van der Waals surface area contributed by atoms with Gasteiger partial charge in [0.25, 0.3) is 0 Å². The minimum atomic E-state index is -0.381. The highest BCUT2D eigenvalue weighted by atomic mass is 16.3. The molecule has 0 heterocycles. The van der Waals surface area contributed by atoms with E-state index in [1.807, 2.05) is 25.1 Å². The van der Waals surface area contributed by atoms with Gasteiger partial charge in [0.1, 0.15) is 0 Å². The van der Waals surface area contributed by atoms with E-state index in [9.17, 15) is 5.11 Å². The molecule has 1 aromatic carbocycles. The van der Waals surface area contributed by atoms with Crippen molar-refractivity contribution in [2.24, 2.45) is 5.92 Å². The molecule has 2 heteroatoms. The lowest BCUT2D eigenvalue weighted by molar-refractivity contribution is 0.0994. The average molecular weight is 233 g/mol. The molecule has 2 rings (SSSR count). The van der Waals surface area contributed by atoms with Gasteiger partial charge in [0, 0.05) is 11.3 Å². The van der Waals surface area contributed by atoms with Crippen molar-refractivity contribution in [3.8, 4) is 0 Å². The molecule has 0 amide bonds. The maximum Gasteiger partial charge on any atom is 0.0838 e. The molecule has 94 valence electrons. The van der Waals surface area contributed by atoms with Gasteiger partial charge >= 0.3 is 0 Å². The van der Waals surface area contributed by atoms with Crippen LogP contribution in [0.3, 0.4) is 0 Å². The van der Waals surface area contributed by atoms with Crippen LogP contribution in [0.5, 0.6) is 0 Å². The molecule has 1 unspecified atom stereocenters. The number of anilines is 1. The number of nitrogens with two attached hydrogens (primary N) is 1. The average Bonchev–Trinajstić information content (AvgIpc) is 2.60. The summed E-state index contributed by atoms with van der Waals surface area (Å²) in [6.07, 6.45) is 7.00. The van der Waals surface area contributed by atoms with E-state index in [1.165, 1.54) is 31.2 Å². The maximum absolute atomic E-state index is 10.5. The monoisotopic (exact) mass is 233 g/mol. The molecular formula is C15H23NO. The van der Waals surface area contributed by atoms with E-state index in [0.29, 0.717) is 5.92 Å². The number of nitrogen functional groups attached to an aromatic ring is 1. The van der Waals surface area contributed by atoms with Crippen LogP contribution in [0.15, 0.2) is 18.2 Å². The SMILES string of the molecule is Cc1ccc(N)c(C(O)C2CCCCCC2)c1. The Morgan fingerprint density at radius 2 is 1.82 bits per heavy atom. The second-order valence-corrected chi connectivity index (χ2v) is 5.33. The van der Waals surface area contributed by atoms with E-state index < -0.39 is 0 Å². The molecule has 0 saturated heterocycles. The highest BCUT2D eigenvalue weighted by molar-refractivity contribution is 5.49. The molecule has 0 bridgehead atoms.